The van der Waals surface area contributed by atoms with E-state index in [4.69, 9.17) is 5.73 Å². The van der Waals surface area contributed by atoms with Gasteiger partial charge < -0.3 is 11.1 Å². The molecule has 1 aliphatic rings. The minimum Gasteiger partial charge on any atom is -0.398 e. The second-order valence-electron chi connectivity index (χ2n) is 5.05. The molecule has 0 radical (unpaired) electrons. The van der Waals surface area contributed by atoms with E-state index in [0.717, 1.165) is 0 Å². The van der Waals surface area contributed by atoms with Crippen molar-refractivity contribution in [2.45, 2.75) is 25.8 Å². The molecule has 0 fully saturated rings. The summed E-state index contributed by atoms with van der Waals surface area (Å²) in [6.45, 7) is 0.950. The third-order valence-electron chi connectivity index (χ3n) is 3.20. The quantitative estimate of drug-likeness (QED) is 0.882. The lowest BCUT2D eigenvalue weighted by Crippen LogP contribution is -2.17. The summed E-state index contributed by atoms with van der Waals surface area (Å²) in [5, 5.41) is 6.66. The second kappa shape index (κ2) is 4.51. The Morgan fingerprint density at radius 1 is 1.48 bits per heavy atom. The Balaban J connectivity index is 1.90. The Kier molecular flexibility index (Phi) is 2.89. The van der Waals surface area contributed by atoms with Gasteiger partial charge in [0.15, 0.2) is 0 Å². The summed E-state index contributed by atoms with van der Waals surface area (Å²) in [6.07, 6.45) is 1.15. The van der Waals surface area contributed by atoms with Crippen molar-refractivity contribution in [3.63, 3.8) is 0 Å². The van der Waals surface area contributed by atoms with E-state index in [1.165, 1.54) is 23.9 Å². The molecule has 1 aliphatic heterocycles. The highest BCUT2D eigenvalue weighted by Crippen LogP contribution is 2.33. The van der Waals surface area contributed by atoms with Crippen LogP contribution in [0, 0.1) is 0 Å². The molecule has 0 spiro atoms. The summed E-state index contributed by atoms with van der Waals surface area (Å²) < 4.78 is 27.7. The minimum atomic E-state index is -2.74. The molecule has 6 nitrogen and oxygen atoms in total. The first kappa shape index (κ1) is 13.5. The predicted octanol–water partition coefficient (Wildman–Crippen LogP) is 1.68. The Morgan fingerprint density at radius 2 is 2.24 bits per heavy atom. The van der Waals surface area contributed by atoms with Crippen molar-refractivity contribution >= 4 is 17.4 Å². The summed E-state index contributed by atoms with van der Waals surface area (Å²) in [5.74, 6) is -2.65. The van der Waals surface area contributed by atoms with Crippen LogP contribution in [0.3, 0.4) is 0 Å². The Bertz CT molecular complexity index is 700. The molecule has 0 aliphatic carbocycles. The number of anilines is 2. The van der Waals surface area contributed by atoms with E-state index in [0.29, 0.717) is 28.5 Å². The van der Waals surface area contributed by atoms with Gasteiger partial charge in [0.25, 0.3) is 5.92 Å². The molecule has 0 aromatic carbocycles. The first-order valence-corrected chi connectivity index (χ1v) is 6.32. The molecule has 3 rings (SSSR count). The number of amides is 1. The lowest BCUT2D eigenvalue weighted by Gasteiger charge is -2.07. The number of nitrogens with one attached hydrogen (secondary N) is 1. The summed E-state index contributed by atoms with van der Waals surface area (Å²) in [5.41, 5.74) is 7.81. The van der Waals surface area contributed by atoms with Crippen LogP contribution < -0.4 is 11.1 Å². The first-order valence-electron chi connectivity index (χ1n) is 6.32. The molecule has 2 aromatic rings. The van der Waals surface area contributed by atoms with E-state index in [9.17, 15) is 13.6 Å². The molecular formula is C13H13F2N5O. The molecular weight excluding hydrogens is 280 g/mol. The van der Waals surface area contributed by atoms with Crippen LogP contribution in [0.25, 0.3) is 11.3 Å². The third kappa shape index (κ3) is 2.56. The number of carbonyl (C=O) groups excluding carboxylic acids is 1. The van der Waals surface area contributed by atoms with Gasteiger partial charge in [-0.15, -0.1) is 0 Å². The molecule has 1 amide bonds. The van der Waals surface area contributed by atoms with Crippen LogP contribution in [0.2, 0.25) is 0 Å². The topological polar surface area (TPSA) is 85.8 Å². The molecule has 0 saturated carbocycles. The molecule has 0 unspecified atom stereocenters. The number of rotatable bonds is 2. The van der Waals surface area contributed by atoms with E-state index < -0.39 is 12.5 Å². The van der Waals surface area contributed by atoms with E-state index in [-0.39, 0.29) is 12.3 Å². The van der Waals surface area contributed by atoms with Crippen molar-refractivity contribution in [2.75, 3.05) is 11.1 Å². The molecule has 0 bridgehead atoms. The number of aromatic nitrogens is 3. The maximum atomic E-state index is 13.2. The van der Waals surface area contributed by atoms with Crippen LogP contribution in [-0.4, -0.2) is 26.6 Å². The maximum absolute atomic E-state index is 13.2. The number of fused-ring (bicyclic) bond motifs is 1. The number of hydrogen-bond acceptors (Lipinski definition) is 4. The summed E-state index contributed by atoms with van der Waals surface area (Å²) in [6, 6.07) is 3.10. The SMILES string of the molecule is CC(=O)Nc1cc(N)c(-c2cc3n(n2)CC(F)(F)C3)cn1. The number of nitrogens with two attached hydrogens (primary N) is 1. The minimum absolute atomic E-state index is 0.252. The summed E-state index contributed by atoms with van der Waals surface area (Å²) in [7, 11) is 0. The zero-order valence-electron chi connectivity index (χ0n) is 11.2. The van der Waals surface area contributed by atoms with E-state index in [1.807, 2.05) is 0 Å². The molecule has 3 N–H and O–H groups in total. The van der Waals surface area contributed by atoms with Crippen molar-refractivity contribution in [3.05, 3.63) is 24.0 Å². The van der Waals surface area contributed by atoms with Crippen LogP contribution in [0.15, 0.2) is 18.3 Å². The van der Waals surface area contributed by atoms with Gasteiger partial charge in [-0.3, -0.25) is 9.48 Å². The number of halogens is 2. The van der Waals surface area contributed by atoms with Gasteiger partial charge in [-0.05, 0) is 6.07 Å². The van der Waals surface area contributed by atoms with Crippen LogP contribution in [0.1, 0.15) is 12.6 Å². The van der Waals surface area contributed by atoms with Gasteiger partial charge in [0, 0.05) is 36.1 Å². The van der Waals surface area contributed by atoms with Gasteiger partial charge in [-0.2, -0.15) is 5.10 Å². The molecule has 0 saturated heterocycles. The number of hydrogen-bond donors (Lipinski definition) is 2. The zero-order valence-corrected chi connectivity index (χ0v) is 11.2. The summed E-state index contributed by atoms with van der Waals surface area (Å²) >= 11 is 0. The average molecular weight is 293 g/mol. The largest absolute Gasteiger partial charge is 0.398 e. The third-order valence-corrected chi connectivity index (χ3v) is 3.20. The van der Waals surface area contributed by atoms with Crippen molar-refractivity contribution in [1.29, 1.82) is 0 Å². The fourth-order valence-corrected chi connectivity index (χ4v) is 2.34. The van der Waals surface area contributed by atoms with Crippen LogP contribution >= 0.6 is 0 Å². The second-order valence-corrected chi connectivity index (χ2v) is 5.05. The van der Waals surface area contributed by atoms with Crippen molar-refractivity contribution in [3.8, 4) is 11.3 Å². The van der Waals surface area contributed by atoms with Gasteiger partial charge in [0.2, 0.25) is 5.91 Å². The predicted molar refractivity (Wildman–Crippen MR) is 72.8 cm³/mol. The summed E-state index contributed by atoms with van der Waals surface area (Å²) in [4.78, 5) is 15.0. The first-order chi connectivity index (χ1) is 9.84. The van der Waals surface area contributed by atoms with E-state index in [1.54, 1.807) is 6.07 Å². The Hall–Kier alpha value is -2.51. The van der Waals surface area contributed by atoms with Crippen molar-refractivity contribution in [1.82, 2.24) is 14.8 Å². The lowest BCUT2D eigenvalue weighted by molar-refractivity contribution is -0.114. The number of alkyl halides is 2. The maximum Gasteiger partial charge on any atom is 0.272 e. The van der Waals surface area contributed by atoms with Gasteiger partial charge in [-0.25, -0.2) is 13.8 Å². The van der Waals surface area contributed by atoms with Gasteiger partial charge in [0.05, 0.1) is 12.1 Å². The van der Waals surface area contributed by atoms with Crippen molar-refractivity contribution in [2.24, 2.45) is 0 Å². The molecule has 3 heterocycles. The fraction of sp³-hybridized carbons (Fsp3) is 0.308. The highest BCUT2D eigenvalue weighted by atomic mass is 19.3. The van der Waals surface area contributed by atoms with E-state index >= 15 is 0 Å². The number of pyridine rings is 1. The number of nitrogen functional groups attached to an aromatic ring is 1. The standard InChI is InChI=1S/C13H13F2N5O/c1-7(21)18-12-3-10(16)9(5-17-12)11-2-8-4-13(14,15)6-20(8)19-11/h2-3,5H,4,6H2,1H3,(H3,16,17,18,21). The van der Waals surface area contributed by atoms with Gasteiger partial charge in [0.1, 0.15) is 12.4 Å². The zero-order chi connectivity index (χ0) is 15.2. The number of carbonyl (C=O) groups is 1. The molecule has 8 heteroatoms. The Morgan fingerprint density at radius 3 is 2.86 bits per heavy atom. The highest BCUT2D eigenvalue weighted by Gasteiger charge is 2.38. The molecule has 110 valence electrons. The number of nitrogens with zero attached hydrogens (tertiary/aromatic N) is 3. The van der Waals surface area contributed by atoms with Gasteiger partial charge in [-0.1, -0.05) is 0 Å². The highest BCUT2D eigenvalue weighted by molar-refractivity contribution is 5.89. The monoisotopic (exact) mass is 293 g/mol. The van der Waals surface area contributed by atoms with Crippen molar-refractivity contribution < 1.29 is 13.6 Å². The Labute approximate surface area is 119 Å². The van der Waals surface area contributed by atoms with Crippen LogP contribution in [0.4, 0.5) is 20.3 Å². The normalized spacial score (nSPS) is 15.8. The molecule has 21 heavy (non-hydrogen) atoms. The van der Waals surface area contributed by atoms with Crippen LogP contribution in [-0.2, 0) is 17.8 Å². The lowest BCUT2D eigenvalue weighted by atomic mass is 10.1. The molecule has 0 atom stereocenters. The van der Waals surface area contributed by atoms with Gasteiger partial charge >= 0.3 is 0 Å². The van der Waals surface area contributed by atoms with E-state index in [2.05, 4.69) is 15.4 Å². The van der Waals surface area contributed by atoms with Crippen LogP contribution in [0.5, 0.6) is 0 Å². The average Bonchev–Trinajstić information content (AvgIpc) is 2.81. The smallest absolute Gasteiger partial charge is 0.272 e. The molecule has 2 aromatic heterocycles. The fourth-order valence-electron chi connectivity index (χ4n) is 2.34.